The van der Waals surface area contributed by atoms with Crippen LogP contribution < -0.4 is 15.8 Å². The van der Waals surface area contributed by atoms with Crippen molar-refractivity contribution in [2.45, 2.75) is 39.3 Å². The molecule has 1 aliphatic heterocycles. The third kappa shape index (κ3) is 5.53. The Morgan fingerprint density at radius 3 is 2.54 bits per heavy atom. The van der Waals surface area contributed by atoms with Crippen molar-refractivity contribution < 1.29 is 9.53 Å². The van der Waals surface area contributed by atoms with Gasteiger partial charge in [0.05, 0.1) is 17.1 Å². The molecule has 9 nitrogen and oxygen atoms in total. The minimum atomic E-state index is -0.410. The van der Waals surface area contributed by atoms with Crippen LogP contribution in [0.25, 0.3) is 10.3 Å². The maximum absolute atomic E-state index is 11.3. The summed E-state index contributed by atoms with van der Waals surface area (Å²) >= 11 is 1.44. The Labute approximate surface area is 218 Å². The second-order valence-corrected chi connectivity index (χ2v) is 10.1. The molecule has 0 spiro atoms. The van der Waals surface area contributed by atoms with E-state index >= 15 is 0 Å². The van der Waals surface area contributed by atoms with Gasteiger partial charge >= 0.3 is 0 Å². The molecule has 0 radical (unpaired) electrons. The van der Waals surface area contributed by atoms with Gasteiger partial charge in [-0.2, -0.15) is 15.2 Å². The molecule has 10 heteroatoms. The van der Waals surface area contributed by atoms with Crippen molar-refractivity contribution >= 4 is 33.5 Å². The molecule has 1 aliphatic rings. The largest absolute Gasteiger partial charge is 0.437 e. The number of thiazole rings is 1. The predicted octanol–water partition coefficient (Wildman–Crippen LogP) is 4.54. The van der Waals surface area contributed by atoms with Gasteiger partial charge in [0.1, 0.15) is 10.4 Å². The molecule has 2 aromatic heterocycles. The Bertz CT molecular complexity index is 1460. The highest BCUT2D eigenvalue weighted by Gasteiger charge is 2.22. The predicted molar refractivity (Wildman–Crippen MR) is 143 cm³/mol. The zero-order chi connectivity index (χ0) is 25.9. The summed E-state index contributed by atoms with van der Waals surface area (Å²) < 4.78 is 7.06. The second kappa shape index (κ2) is 10.5. The average Bonchev–Trinajstić information content (AvgIpc) is 3.36. The van der Waals surface area contributed by atoms with Crippen LogP contribution in [0.4, 0.5) is 5.95 Å². The summed E-state index contributed by atoms with van der Waals surface area (Å²) in [5.41, 5.74) is 11.7. The normalized spacial score (nSPS) is 14.4. The second-order valence-electron chi connectivity index (χ2n) is 9.27. The number of hydrogen-bond donors (Lipinski definition) is 2. The topological polar surface area (TPSA) is 130 Å². The van der Waals surface area contributed by atoms with Crippen molar-refractivity contribution in [1.29, 1.82) is 5.26 Å². The number of nitrogens with one attached hydrogen (secondary N) is 1. The van der Waals surface area contributed by atoms with Crippen molar-refractivity contribution in [2.75, 3.05) is 18.4 Å². The Morgan fingerprint density at radius 2 is 1.89 bits per heavy atom. The summed E-state index contributed by atoms with van der Waals surface area (Å²) in [5, 5.41) is 12.7. The van der Waals surface area contributed by atoms with Gasteiger partial charge in [-0.25, -0.2) is 4.98 Å². The molecule has 4 aromatic rings. The number of rotatable bonds is 7. The van der Waals surface area contributed by atoms with Gasteiger partial charge in [-0.1, -0.05) is 12.1 Å². The van der Waals surface area contributed by atoms with E-state index in [4.69, 9.17) is 15.5 Å². The number of hydrogen-bond acceptors (Lipinski definition) is 9. The fraction of sp³-hybridized carbons (Fsp3) is 0.296. The minimum Gasteiger partial charge on any atom is -0.437 e. The molecular weight excluding hydrogens is 486 g/mol. The number of aryl methyl sites for hydroxylation is 2. The van der Waals surface area contributed by atoms with Crippen molar-refractivity contribution in [1.82, 2.24) is 19.9 Å². The highest BCUT2D eigenvalue weighted by molar-refractivity contribution is 7.17. The van der Waals surface area contributed by atoms with E-state index in [2.05, 4.69) is 26.3 Å². The number of benzene rings is 2. The van der Waals surface area contributed by atoms with E-state index in [1.54, 1.807) is 17.6 Å². The number of aromatic nitrogens is 3. The molecule has 5 rings (SSSR count). The molecule has 3 N–H and O–H groups in total. The molecule has 2 aromatic carbocycles. The van der Waals surface area contributed by atoms with Crippen LogP contribution in [0.5, 0.6) is 11.6 Å². The Balaban J connectivity index is 1.26. The molecule has 1 amide bonds. The van der Waals surface area contributed by atoms with Gasteiger partial charge in [-0.05, 0) is 67.6 Å². The van der Waals surface area contributed by atoms with E-state index in [0.717, 1.165) is 53.9 Å². The van der Waals surface area contributed by atoms with Crippen LogP contribution in [-0.2, 0) is 6.54 Å². The summed E-state index contributed by atoms with van der Waals surface area (Å²) in [6.07, 6.45) is 1.89. The fourth-order valence-corrected chi connectivity index (χ4v) is 5.24. The number of amides is 1. The molecule has 0 aliphatic carbocycles. The number of nitriles is 1. The van der Waals surface area contributed by atoms with Crippen molar-refractivity contribution in [3.8, 4) is 17.7 Å². The van der Waals surface area contributed by atoms with Crippen molar-refractivity contribution in [3.63, 3.8) is 0 Å². The molecule has 0 atom stereocenters. The van der Waals surface area contributed by atoms with Gasteiger partial charge in [-0.3, -0.25) is 9.69 Å². The third-order valence-corrected chi connectivity index (χ3v) is 7.32. The van der Waals surface area contributed by atoms with Crippen LogP contribution in [-0.4, -0.2) is 44.9 Å². The SMILES string of the molecule is Cc1cc(C#N)cc(C)c1Oc1nc(NC2CCN(Cc3ccc(C(N)=O)cc3)CC2)nc2ncsc12. The van der Waals surface area contributed by atoms with E-state index in [1.165, 1.54) is 11.3 Å². The first-order valence-electron chi connectivity index (χ1n) is 12.1. The van der Waals surface area contributed by atoms with Crippen LogP contribution in [0.3, 0.4) is 0 Å². The van der Waals surface area contributed by atoms with Crippen LogP contribution in [0.15, 0.2) is 41.9 Å². The number of piperidine rings is 1. The fourth-order valence-electron chi connectivity index (χ4n) is 4.60. The summed E-state index contributed by atoms with van der Waals surface area (Å²) in [4.78, 5) is 27.4. The number of carbonyl (C=O) groups excluding carboxylic acids is 1. The first-order chi connectivity index (χ1) is 17.9. The minimum absolute atomic E-state index is 0.232. The number of carbonyl (C=O) groups is 1. The van der Waals surface area contributed by atoms with E-state index in [0.29, 0.717) is 34.4 Å². The number of anilines is 1. The molecule has 0 saturated carbocycles. The van der Waals surface area contributed by atoms with Gasteiger partial charge in [-0.15, -0.1) is 11.3 Å². The van der Waals surface area contributed by atoms with Crippen LogP contribution in [0.2, 0.25) is 0 Å². The highest BCUT2D eigenvalue weighted by Crippen LogP contribution is 2.35. The molecule has 1 saturated heterocycles. The summed E-state index contributed by atoms with van der Waals surface area (Å²) in [6, 6.07) is 13.5. The van der Waals surface area contributed by atoms with E-state index in [1.807, 2.05) is 38.1 Å². The monoisotopic (exact) mass is 513 g/mol. The summed E-state index contributed by atoms with van der Waals surface area (Å²) in [5.74, 6) is 1.24. The molecule has 188 valence electrons. The molecule has 0 unspecified atom stereocenters. The van der Waals surface area contributed by atoms with Gasteiger partial charge in [0.2, 0.25) is 17.7 Å². The zero-order valence-electron chi connectivity index (χ0n) is 20.7. The van der Waals surface area contributed by atoms with Crippen LogP contribution in [0, 0.1) is 25.2 Å². The quantitative estimate of drug-likeness (QED) is 0.368. The van der Waals surface area contributed by atoms with Gasteiger partial charge in [0.15, 0.2) is 5.65 Å². The van der Waals surface area contributed by atoms with Crippen molar-refractivity contribution in [3.05, 3.63) is 69.7 Å². The maximum atomic E-state index is 11.3. The van der Waals surface area contributed by atoms with Gasteiger partial charge in [0.25, 0.3) is 0 Å². The smallest absolute Gasteiger partial charge is 0.248 e. The number of nitrogens with two attached hydrogens (primary N) is 1. The lowest BCUT2D eigenvalue weighted by Gasteiger charge is -2.32. The van der Waals surface area contributed by atoms with E-state index in [-0.39, 0.29) is 6.04 Å². The molecule has 1 fully saturated rings. The third-order valence-electron chi connectivity index (χ3n) is 6.52. The molecule has 3 heterocycles. The number of ether oxygens (including phenoxy) is 1. The first kappa shape index (κ1) is 24.6. The molecular formula is C27H27N7O2S. The zero-order valence-corrected chi connectivity index (χ0v) is 21.5. The lowest BCUT2D eigenvalue weighted by Crippen LogP contribution is -2.39. The molecule has 0 bridgehead atoms. The molecule has 37 heavy (non-hydrogen) atoms. The lowest BCUT2D eigenvalue weighted by atomic mass is 10.0. The number of fused-ring (bicyclic) bond motifs is 1. The van der Waals surface area contributed by atoms with E-state index in [9.17, 15) is 10.1 Å². The Morgan fingerprint density at radius 1 is 1.19 bits per heavy atom. The summed E-state index contributed by atoms with van der Waals surface area (Å²) in [7, 11) is 0. The van der Waals surface area contributed by atoms with E-state index < -0.39 is 5.91 Å². The van der Waals surface area contributed by atoms with Gasteiger partial charge in [0, 0.05) is 31.2 Å². The lowest BCUT2D eigenvalue weighted by molar-refractivity contribution is 0.1000. The number of likely N-dealkylation sites (tertiary alicyclic amines) is 1. The maximum Gasteiger partial charge on any atom is 0.248 e. The van der Waals surface area contributed by atoms with Gasteiger partial charge < -0.3 is 15.8 Å². The van der Waals surface area contributed by atoms with Crippen molar-refractivity contribution in [2.24, 2.45) is 5.73 Å². The standard InChI is InChI=1S/C27H27N7O2S/c1-16-11-19(13-28)12-17(2)22(16)36-26-23-25(30-15-37-23)32-27(33-26)31-21-7-9-34(10-8-21)14-18-3-5-20(6-4-18)24(29)35/h3-6,11-12,15,21H,7-10,14H2,1-2H3,(H2,29,35)(H,31,32,33). The number of primary amides is 1. The van der Waals surface area contributed by atoms with Crippen LogP contribution >= 0.6 is 11.3 Å². The van der Waals surface area contributed by atoms with Crippen LogP contribution in [0.1, 0.15) is 45.5 Å². The first-order valence-corrected chi connectivity index (χ1v) is 13.0. The number of nitrogens with zero attached hydrogens (tertiary/aromatic N) is 5. The highest BCUT2D eigenvalue weighted by atomic mass is 32.1. The Kier molecular flexibility index (Phi) is 6.99. The summed E-state index contributed by atoms with van der Waals surface area (Å²) in [6.45, 7) is 6.54. The Hall–Kier alpha value is -4.07. The average molecular weight is 514 g/mol.